The molecule has 1 aliphatic carbocycles. The lowest BCUT2D eigenvalue weighted by atomic mass is 9.73. The van der Waals surface area contributed by atoms with Crippen molar-refractivity contribution in [1.29, 1.82) is 0 Å². The summed E-state index contributed by atoms with van der Waals surface area (Å²) in [4.78, 5) is 19.9. The van der Waals surface area contributed by atoms with Crippen LogP contribution in [0.2, 0.25) is 0 Å². The highest BCUT2D eigenvalue weighted by atomic mass is 32.2. The molecular weight excluding hydrogens is 476 g/mol. The molecule has 7 rings (SSSR count). The molecule has 0 amide bonds. The van der Waals surface area contributed by atoms with Crippen molar-refractivity contribution in [3.8, 4) is 5.75 Å². The highest BCUT2D eigenvalue weighted by molar-refractivity contribution is 7.99. The summed E-state index contributed by atoms with van der Waals surface area (Å²) in [7, 11) is 0. The summed E-state index contributed by atoms with van der Waals surface area (Å²) >= 11 is 1.52. The van der Waals surface area contributed by atoms with Crippen LogP contribution in [0, 0.1) is 10.8 Å². The molecule has 0 bridgehead atoms. The Morgan fingerprint density at radius 2 is 2.03 bits per heavy atom. The maximum Gasteiger partial charge on any atom is 0.175 e. The maximum atomic E-state index is 10.2. The number of fused-ring (bicyclic) bond motifs is 3. The Hall–Kier alpha value is -2.14. The van der Waals surface area contributed by atoms with Gasteiger partial charge in [0, 0.05) is 37.3 Å². The van der Waals surface area contributed by atoms with E-state index in [9.17, 15) is 5.11 Å². The molecule has 6 heterocycles. The average Bonchev–Trinajstić information content (AvgIpc) is 3.46. The standard InChI is InChI=1S/C26H34N6O3S/c1-16-22(27)26(15-35-16)5-8-31(9-6-26)23-18(12-33)30-20(11-29-23)36-19-2-7-28-24-21(19)34-13-17-10-25(3-4-25)14-32(17)24/h2,7,11,16-17,22,33H,3-6,8-10,12-15,27H2,1H3. The third kappa shape index (κ3) is 3.68. The highest BCUT2D eigenvalue weighted by Gasteiger charge is 2.54. The van der Waals surface area contributed by atoms with Crippen LogP contribution >= 0.6 is 11.8 Å². The third-order valence-corrected chi connectivity index (χ3v) is 10.1. The number of aliphatic hydroxyl groups excluding tert-OH is 1. The number of aliphatic hydroxyl groups is 1. The van der Waals surface area contributed by atoms with Gasteiger partial charge in [-0.2, -0.15) is 0 Å². The predicted octanol–water partition coefficient (Wildman–Crippen LogP) is 2.60. The van der Waals surface area contributed by atoms with Crippen LogP contribution in [0.4, 0.5) is 11.6 Å². The fourth-order valence-corrected chi connectivity index (χ4v) is 7.55. The quantitative estimate of drug-likeness (QED) is 0.637. The minimum atomic E-state index is -0.152. The number of ether oxygens (including phenoxy) is 2. The van der Waals surface area contributed by atoms with E-state index in [-0.39, 0.29) is 24.2 Å². The van der Waals surface area contributed by atoms with Crippen LogP contribution in [0.15, 0.2) is 28.4 Å². The van der Waals surface area contributed by atoms with E-state index in [1.165, 1.54) is 31.0 Å². The number of rotatable bonds is 4. The van der Waals surface area contributed by atoms with Crippen molar-refractivity contribution in [3.05, 3.63) is 24.2 Å². The molecule has 10 heteroatoms. The first-order chi connectivity index (χ1) is 17.5. The largest absolute Gasteiger partial charge is 0.486 e. The van der Waals surface area contributed by atoms with E-state index in [0.29, 0.717) is 23.8 Å². The zero-order valence-electron chi connectivity index (χ0n) is 20.7. The van der Waals surface area contributed by atoms with Gasteiger partial charge in [0.2, 0.25) is 0 Å². The summed E-state index contributed by atoms with van der Waals surface area (Å²) in [5.74, 6) is 2.57. The van der Waals surface area contributed by atoms with Gasteiger partial charge >= 0.3 is 0 Å². The second kappa shape index (κ2) is 8.44. The van der Waals surface area contributed by atoms with Crippen LogP contribution < -0.4 is 20.3 Å². The Morgan fingerprint density at radius 3 is 2.75 bits per heavy atom. The number of hydrogen-bond donors (Lipinski definition) is 2. The van der Waals surface area contributed by atoms with Gasteiger partial charge in [-0.25, -0.2) is 15.0 Å². The van der Waals surface area contributed by atoms with Crippen LogP contribution in [0.3, 0.4) is 0 Å². The number of hydrogen-bond acceptors (Lipinski definition) is 10. The topological polar surface area (TPSA) is 110 Å². The van der Waals surface area contributed by atoms with Gasteiger partial charge in [-0.1, -0.05) is 11.8 Å². The third-order valence-electron chi connectivity index (χ3n) is 9.18. The lowest BCUT2D eigenvalue weighted by Crippen LogP contribution is -2.51. The molecule has 0 aromatic carbocycles. The van der Waals surface area contributed by atoms with Crippen molar-refractivity contribution in [2.45, 2.75) is 73.7 Å². The van der Waals surface area contributed by atoms with E-state index in [0.717, 1.165) is 66.4 Å². The van der Waals surface area contributed by atoms with Crippen molar-refractivity contribution in [2.24, 2.45) is 16.6 Å². The monoisotopic (exact) mass is 510 g/mol. The summed E-state index contributed by atoms with van der Waals surface area (Å²) in [6, 6.07) is 2.49. The molecule has 3 N–H and O–H groups in total. The van der Waals surface area contributed by atoms with Gasteiger partial charge in [0.15, 0.2) is 17.4 Å². The molecule has 3 atom stereocenters. The molecule has 3 saturated heterocycles. The lowest BCUT2D eigenvalue weighted by molar-refractivity contribution is 0.0973. The molecule has 4 aliphatic heterocycles. The minimum Gasteiger partial charge on any atom is -0.486 e. The summed E-state index contributed by atoms with van der Waals surface area (Å²) in [5, 5.41) is 10.9. The Bertz CT molecular complexity index is 1170. The number of nitrogens with zero attached hydrogens (tertiary/aromatic N) is 5. The summed E-state index contributed by atoms with van der Waals surface area (Å²) < 4.78 is 12.1. The Balaban J connectivity index is 1.09. The second-order valence-electron chi connectivity index (χ2n) is 11.4. The number of aromatic nitrogens is 3. The van der Waals surface area contributed by atoms with Crippen molar-refractivity contribution >= 4 is 23.4 Å². The van der Waals surface area contributed by atoms with E-state index in [4.69, 9.17) is 30.2 Å². The van der Waals surface area contributed by atoms with Crippen LogP contribution in [0.1, 0.15) is 44.7 Å². The van der Waals surface area contributed by atoms with E-state index in [2.05, 4.69) is 16.7 Å². The van der Waals surface area contributed by atoms with Crippen molar-refractivity contribution in [2.75, 3.05) is 42.6 Å². The zero-order chi connectivity index (χ0) is 24.5. The van der Waals surface area contributed by atoms with Crippen LogP contribution in [-0.4, -0.2) is 71.1 Å². The molecule has 3 unspecified atom stereocenters. The Kier molecular flexibility index (Phi) is 5.40. The fourth-order valence-electron chi connectivity index (χ4n) is 6.69. The van der Waals surface area contributed by atoms with E-state index >= 15 is 0 Å². The van der Waals surface area contributed by atoms with E-state index in [1.807, 2.05) is 18.5 Å². The van der Waals surface area contributed by atoms with Crippen LogP contribution in [0.5, 0.6) is 5.75 Å². The Morgan fingerprint density at radius 1 is 1.19 bits per heavy atom. The molecule has 9 nitrogen and oxygen atoms in total. The minimum absolute atomic E-state index is 0.0481. The number of pyridine rings is 1. The van der Waals surface area contributed by atoms with Crippen molar-refractivity contribution in [3.63, 3.8) is 0 Å². The Labute approximate surface area is 215 Å². The molecule has 2 aromatic heterocycles. The fraction of sp³-hybridized carbons (Fsp3) is 0.654. The molecule has 5 aliphatic rings. The maximum absolute atomic E-state index is 10.2. The molecule has 4 fully saturated rings. The van der Waals surface area contributed by atoms with Gasteiger partial charge < -0.3 is 30.1 Å². The first-order valence-corrected chi connectivity index (χ1v) is 14.0. The average molecular weight is 511 g/mol. The summed E-state index contributed by atoms with van der Waals surface area (Å²) in [6.45, 7) is 6.12. The zero-order valence-corrected chi connectivity index (χ0v) is 21.5. The first kappa shape index (κ1) is 23.0. The first-order valence-electron chi connectivity index (χ1n) is 13.1. The second-order valence-corrected chi connectivity index (χ2v) is 12.5. The highest BCUT2D eigenvalue weighted by Crippen LogP contribution is 2.57. The summed E-state index contributed by atoms with van der Waals surface area (Å²) in [6.07, 6.45) is 9.57. The molecular formula is C26H34N6O3S. The molecule has 2 aromatic rings. The molecule has 2 spiro atoms. The van der Waals surface area contributed by atoms with Gasteiger partial charge in [0.1, 0.15) is 17.3 Å². The van der Waals surface area contributed by atoms with E-state index < -0.39 is 0 Å². The van der Waals surface area contributed by atoms with Gasteiger partial charge in [-0.05, 0) is 50.5 Å². The molecule has 36 heavy (non-hydrogen) atoms. The van der Waals surface area contributed by atoms with E-state index in [1.54, 1.807) is 0 Å². The van der Waals surface area contributed by atoms with Gasteiger partial charge in [-0.15, -0.1) is 0 Å². The predicted molar refractivity (Wildman–Crippen MR) is 136 cm³/mol. The van der Waals surface area contributed by atoms with Crippen LogP contribution in [0.25, 0.3) is 0 Å². The molecule has 1 saturated carbocycles. The summed E-state index contributed by atoms with van der Waals surface area (Å²) in [5.41, 5.74) is 7.64. The SMILES string of the molecule is CC1OCC2(CCN(c3ncc(Sc4ccnc5c4OCC4CC6(CC6)CN54)nc3CO)CC2)C1N. The van der Waals surface area contributed by atoms with Gasteiger partial charge in [-0.3, -0.25) is 0 Å². The lowest BCUT2D eigenvalue weighted by Gasteiger charge is -2.41. The van der Waals surface area contributed by atoms with Gasteiger partial charge in [0.05, 0.1) is 36.5 Å². The van der Waals surface area contributed by atoms with Gasteiger partial charge in [0.25, 0.3) is 0 Å². The van der Waals surface area contributed by atoms with Crippen molar-refractivity contribution < 1.29 is 14.6 Å². The van der Waals surface area contributed by atoms with Crippen molar-refractivity contribution in [1.82, 2.24) is 15.0 Å². The normalized spacial score (nSPS) is 29.4. The smallest absolute Gasteiger partial charge is 0.175 e. The number of nitrogens with two attached hydrogens (primary N) is 1. The molecule has 192 valence electrons. The van der Waals surface area contributed by atoms with Crippen LogP contribution in [-0.2, 0) is 11.3 Å². The number of piperidine rings is 1. The molecule has 0 radical (unpaired) electrons. The number of anilines is 2.